The minimum absolute atomic E-state index is 0.00597. The first-order chi connectivity index (χ1) is 11.6. The van der Waals surface area contributed by atoms with E-state index in [-0.39, 0.29) is 11.9 Å². The van der Waals surface area contributed by atoms with E-state index in [9.17, 15) is 4.79 Å². The summed E-state index contributed by atoms with van der Waals surface area (Å²) in [5, 5.41) is 3.06. The van der Waals surface area contributed by atoms with E-state index in [0.29, 0.717) is 6.54 Å². The molecule has 1 fully saturated rings. The molecule has 1 heterocycles. The summed E-state index contributed by atoms with van der Waals surface area (Å²) in [6.45, 7) is 5.33. The molecule has 0 radical (unpaired) electrons. The van der Waals surface area contributed by atoms with Gasteiger partial charge in [-0.1, -0.05) is 31.9 Å². The Hall–Kier alpha value is -1.99. The number of carbonyl (C=O) groups is 1. The van der Waals surface area contributed by atoms with Crippen LogP contribution in [0.2, 0.25) is 0 Å². The van der Waals surface area contributed by atoms with Gasteiger partial charge in [0, 0.05) is 6.04 Å². The van der Waals surface area contributed by atoms with Gasteiger partial charge in [-0.25, -0.2) is 0 Å². The van der Waals surface area contributed by atoms with Crippen molar-refractivity contribution in [2.24, 2.45) is 0 Å². The van der Waals surface area contributed by atoms with Crippen LogP contribution in [0, 0.1) is 12.3 Å². The maximum absolute atomic E-state index is 12.5. The molecule has 1 amide bonds. The smallest absolute Gasteiger partial charge is 0.235 e. The van der Waals surface area contributed by atoms with E-state index >= 15 is 0 Å². The van der Waals surface area contributed by atoms with Crippen molar-refractivity contribution in [3.8, 4) is 18.1 Å². The van der Waals surface area contributed by atoms with Crippen LogP contribution in [-0.4, -0.2) is 36.5 Å². The number of amides is 1. The lowest BCUT2D eigenvalue weighted by Crippen LogP contribution is -2.49. The summed E-state index contributed by atoms with van der Waals surface area (Å²) in [6.07, 6.45) is 9.28. The molecule has 1 saturated heterocycles. The van der Waals surface area contributed by atoms with Gasteiger partial charge in [-0.3, -0.25) is 9.69 Å². The molecule has 1 aliphatic rings. The Morgan fingerprint density at radius 3 is 2.83 bits per heavy atom. The molecule has 24 heavy (non-hydrogen) atoms. The Morgan fingerprint density at radius 1 is 1.46 bits per heavy atom. The Balaban J connectivity index is 2.05. The molecule has 0 spiro atoms. The summed E-state index contributed by atoms with van der Waals surface area (Å²) in [6, 6.07) is 8.37. The lowest BCUT2D eigenvalue weighted by Gasteiger charge is -2.30. The Kier molecular flexibility index (Phi) is 6.28. The molecule has 4 heteroatoms. The first kappa shape index (κ1) is 18.4. The number of likely N-dealkylation sites (tertiary alicyclic amines) is 1. The van der Waals surface area contributed by atoms with Gasteiger partial charge in [-0.05, 0) is 49.9 Å². The van der Waals surface area contributed by atoms with Gasteiger partial charge >= 0.3 is 0 Å². The van der Waals surface area contributed by atoms with Gasteiger partial charge < -0.3 is 10.1 Å². The predicted molar refractivity (Wildman–Crippen MR) is 96.8 cm³/mol. The van der Waals surface area contributed by atoms with E-state index < -0.39 is 5.54 Å². The van der Waals surface area contributed by atoms with Gasteiger partial charge in [-0.15, -0.1) is 6.42 Å². The maximum Gasteiger partial charge on any atom is 0.235 e. The number of nitrogens with one attached hydrogen (secondary N) is 1. The molecule has 0 aromatic heterocycles. The number of carbonyl (C=O) groups excluding carboxylic acids is 1. The van der Waals surface area contributed by atoms with E-state index in [1.54, 1.807) is 7.11 Å². The minimum atomic E-state index is -0.526. The Bertz CT molecular complexity index is 602. The normalized spacial score (nSPS) is 18.2. The molecular formula is C20H28N2O2. The van der Waals surface area contributed by atoms with Crippen molar-refractivity contribution in [3.63, 3.8) is 0 Å². The largest absolute Gasteiger partial charge is 0.497 e. The van der Waals surface area contributed by atoms with E-state index in [1.165, 1.54) is 5.56 Å². The quantitative estimate of drug-likeness (QED) is 0.782. The molecule has 0 saturated carbocycles. The zero-order valence-corrected chi connectivity index (χ0v) is 15.0. The molecule has 1 aromatic rings. The highest BCUT2D eigenvalue weighted by Crippen LogP contribution is 2.33. The number of rotatable bonds is 7. The standard InChI is InChI=1S/C20H28N2O2/c1-5-20(6-2,7-3)21-19(23)15-22-13-9-12-18(22)16-10-8-11-17(14-16)24-4/h1,8,10-11,14,18H,6-7,9,12-13,15H2,2-4H3,(H,21,23). The summed E-state index contributed by atoms with van der Waals surface area (Å²) in [7, 11) is 1.67. The van der Waals surface area contributed by atoms with E-state index in [1.807, 2.05) is 26.0 Å². The van der Waals surface area contributed by atoms with Crippen molar-refractivity contribution in [2.75, 3.05) is 20.2 Å². The first-order valence-corrected chi connectivity index (χ1v) is 8.74. The summed E-state index contributed by atoms with van der Waals surface area (Å²) in [5.41, 5.74) is 0.677. The van der Waals surface area contributed by atoms with Gasteiger partial charge in [-0.2, -0.15) is 0 Å². The minimum Gasteiger partial charge on any atom is -0.497 e. The zero-order valence-electron chi connectivity index (χ0n) is 15.0. The lowest BCUT2D eigenvalue weighted by molar-refractivity contribution is -0.123. The fourth-order valence-electron chi connectivity index (χ4n) is 3.40. The van der Waals surface area contributed by atoms with Gasteiger partial charge in [0.05, 0.1) is 13.7 Å². The molecule has 1 unspecified atom stereocenters. The summed E-state index contributed by atoms with van der Waals surface area (Å²) in [4.78, 5) is 14.8. The molecular weight excluding hydrogens is 300 g/mol. The second kappa shape index (κ2) is 8.21. The van der Waals surface area contributed by atoms with Crippen LogP contribution in [0.5, 0.6) is 5.75 Å². The van der Waals surface area contributed by atoms with Crippen molar-refractivity contribution in [3.05, 3.63) is 29.8 Å². The lowest BCUT2D eigenvalue weighted by atomic mass is 9.94. The number of hydrogen-bond donors (Lipinski definition) is 1. The van der Waals surface area contributed by atoms with Crippen LogP contribution in [0.4, 0.5) is 0 Å². The summed E-state index contributed by atoms with van der Waals surface area (Å²) >= 11 is 0. The van der Waals surface area contributed by atoms with Crippen LogP contribution in [0.1, 0.15) is 51.1 Å². The van der Waals surface area contributed by atoms with Crippen molar-refractivity contribution in [1.82, 2.24) is 10.2 Å². The van der Waals surface area contributed by atoms with Crippen LogP contribution < -0.4 is 10.1 Å². The van der Waals surface area contributed by atoms with Crippen LogP contribution in [0.15, 0.2) is 24.3 Å². The SMILES string of the molecule is C#CC(CC)(CC)NC(=O)CN1CCCC1c1cccc(OC)c1. The monoisotopic (exact) mass is 328 g/mol. The molecule has 130 valence electrons. The second-order valence-electron chi connectivity index (χ2n) is 6.39. The molecule has 0 bridgehead atoms. The third-order valence-corrected chi connectivity index (χ3v) is 5.05. The van der Waals surface area contributed by atoms with Crippen LogP contribution in [-0.2, 0) is 4.79 Å². The Morgan fingerprint density at radius 2 is 2.21 bits per heavy atom. The van der Waals surface area contributed by atoms with Gasteiger partial charge in [0.15, 0.2) is 0 Å². The highest BCUT2D eigenvalue weighted by atomic mass is 16.5. The predicted octanol–water partition coefficient (Wildman–Crippen LogP) is 3.14. The maximum atomic E-state index is 12.5. The molecule has 1 aliphatic heterocycles. The second-order valence-corrected chi connectivity index (χ2v) is 6.39. The number of benzene rings is 1. The third kappa shape index (κ3) is 4.10. The van der Waals surface area contributed by atoms with Crippen LogP contribution >= 0.6 is 0 Å². The Labute approximate surface area is 145 Å². The fraction of sp³-hybridized carbons (Fsp3) is 0.550. The number of methoxy groups -OCH3 is 1. The van der Waals surface area contributed by atoms with Crippen molar-refractivity contribution in [2.45, 2.75) is 51.1 Å². The van der Waals surface area contributed by atoms with Gasteiger partial charge in [0.25, 0.3) is 0 Å². The van der Waals surface area contributed by atoms with Crippen molar-refractivity contribution < 1.29 is 9.53 Å². The van der Waals surface area contributed by atoms with Crippen molar-refractivity contribution >= 4 is 5.91 Å². The fourth-order valence-corrected chi connectivity index (χ4v) is 3.40. The summed E-state index contributed by atoms with van der Waals surface area (Å²) in [5.74, 6) is 3.62. The van der Waals surface area contributed by atoms with Crippen LogP contribution in [0.3, 0.4) is 0 Å². The summed E-state index contributed by atoms with van der Waals surface area (Å²) < 4.78 is 5.32. The molecule has 1 N–H and O–H groups in total. The number of ether oxygens (including phenoxy) is 1. The number of hydrogen-bond acceptors (Lipinski definition) is 3. The molecule has 4 nitrogen and oxygen atoms in total. The van der Waals surface area contributed by atoms with Gasteiger partial charge in [0.2, 0.25) is 5.91 Å². The highest BCUT2D eigenvalue weighted by molar-refractivity contribution is 5.79. The van der Waals surface area contributed by atoms with E-state index in [2.05, 4.69) is 28.3 Å². The van der Waals surface area contributed by atoms with Crippen LogP contribution in [0.25, 0.3) is 0 Å². The first-order valence-electron chi connectivity index (χ1n) is 8.74. The average Bonchev–Trinajstić information content (AvgIpc) is 3.07. The molecule has 1 atom stereocenters. The average molecular weight is 328 g/mol. The van der Waals surface area contributed by atoms with E-state index in [0.717, 1.165) is 38.0 Å². The van der Waals surface area contributed by atoms with Crippen molar-refractivity contribution in [1.29, 1.82) is 0 Å². The zero-order chi connectivity index (χ0) is 17.6. The highest BCUT2D eigenvalue weighted by Gasteiger charge is 2.30. The molecule has 1 aromatic carbocycles. The third-order valence-electron chi connectivity index (χ3n) is 5.05. The van der Waals surface area contributed by atoms with E-state index in [4.69, 9.17) is 11.2 Å². The number of nitrogens with zero attached hydrogens (tertiary/aromatic N) is 1. The molecule has 0 aliphatic carbocycles. The van der Waals surface area contributed by atoms with Gasteiger partial charge in [0.1, 0.15) is 11.3 Å². The number of terminal acetylenes is 1. The topological polar surface area (TPSA) is 41.6 Å². The molecule has 2 rings (SSSR count).